The van der Waals surface area contributed by atoms with E-state index < -0.39 is 0 Å². The van der Waals surface area contributed by atoms with Crippen molar-refractivity contribution in [1.82, 2.24) is 5.32 Å². The Kier molecular flexibility index (Phi) is 7.16. The number of amides is 1. The lowest BCUT2D eigenvalue weighted by atomic mass is 10.1. The molecule has 0 aromatic heterocycles. The number of benzene rings is 2. The number of anilines is 1. The molecule has 0 radical (unpaired) electrons. The minimum atomic E-state index is -0.113. The van der Waals surface area contributed by atoms with Crippen LogP contribution in [0.5, 0.6) is 5.75 Å². The van der Waals surface area contributed by atoms with E-state index in [0.717, 1.165) is 22.6 Å². The first-order chi connectivity index (χ1) is 12.3. The summed E-state index contributed by atoms with van der Waals surface area (Å²) < 4.78 is 5.63. The quantitative estimate of drug-likeness (QED) is 0.577. The van der Waals surface area contributed by atoms with Gasteiger partial charge in [0.25, 0.3) is 0 Å². The van der Waals surface area contributed by atoms with E-state index in [2.05, 4.69) is 29.7 Å². The minimum Gasteiger partial charge on any atom is -0.494 e. The first-order valence-corrected chi connectivity index (χ1v) is 9.14. The Hall–Kier alpha value is -2.40. The van der Waals surface area contributed by atoms with E-state index >= 15 is 0 Å². The van der Waals surface area contributed by atoms with Crippen molar-refractivity contribution < 1.29 is 9.53 Å². The summed E-state index contributed by atoms with van der Waals surface area (Å²) >= 11 is 5.26. The Morgan fingerprint density at radius 1 is 1.00 bits per heavy atom. The summed E-state index contributed by atoms with van der Waals surface area (Å²) in [6, 6.07) is 12.0. The smallest absolute Gasteiger partial charge is 0.226 e. The van der Waals surface area contributed by atoms with Gasteiger partial charge in [-0.3, -0.25) is 4.79 Å². The number of carbonyl (C=O) groups is 1. The molecule has 0 bridgehead atoms. The summed E-state index contributed by atoms with van der Waals surface area (Å²) in [7, 11) is 0. The molecule has 0 atom stereocenters. The van der Waals surface area contributed by atoms with Gasteiger partial charge in [0.2, 0.25) is 5.91 Å². The van der Waals surface area contributed by atoms with Crippen LogP contribution in [0.2, 0.25) is 0 Å². The second-order valence-electron chi connectivity index (χ2n) is 6.54. The third-order valence-corrected chi connectivity index (χ3v) is 4.21. The van der Waals surface area contributed by atoms with E-state index in [1.807, 2.05) is 45.0 Å². The summed E-state index contributed by atoms with van der Waals surface area (Å²) in [6.45, 7) is 8.63. The largest absolute Gasteiger partial charge is 0.494 e. The van der Waals surface area contributed by atoms with E-state index in [0.29, 0.717) is 24.6 Å². The predicted molar refractivity (Wildman–Crippen MR) is 111 cm³/mol. The molecule has 2 aromatic rings. The fourth-order valence-corrected chi connectivity index (χ4v) is 2.98. The molecule has 138 valence electrons. The Labute approximate surface area is 161 Å². The number of rotatable bonds is 6. The molecule has 0 saturated carbocycles. The fourth-order valence-electron chi connectivity index (χ4n) is 2.77. The molecule has 2 aromatic carbocycles. The van der Waals surface area contributed by atoms with Crippen LogP contribution in [0.3, 0.4) is 0 Å². The highest BCUT2D eigenvalue weighted by molar-refractivity contribution is 7.80. The Bertz CT molecular complexity index is 762. The van der Waals surface area contributed by atoms with Gasteiger partial charge in [-0.2, -0.15) is 0 Å². The van der Waals surface area contributed by atoms with Gasteiger partial charge in [-0.15, -0.1) is 0 Å². The lowest BCUT2D eigenvalue weighted by Crippen LogP contribution is -2.34. The maximum atomic E-state index is 12.0. The molecule has 0 heterocycles. The van der Waals surface area contributed by atoms with E-state index in [4.69, 9.17) is 17.0 Å². The molecule has 0 saturated heterocycles. The first kappa shape index (κ1) is 19.9. The van der Waals surface area contributed by atoms with E-state index in [9.17, 15) is 4.79 Å². The van der Waals surface area contributed by atoms with Crippen molar-refractivity contribution in [3.8, 4) is 5.75 Å². The number of hydrogen-bond donors (Lipinski definition) is 2. The van der Waals surface area contributed by atoms with Crippen LogP contribution in [0, 0.1) is 27.7 Å². The molecule has 5 heteroatoms. The van der Waals surface area contributed by atoms with Crippen molar-refractivity contribution in [3.05, 3.63) is 58.7 Å². The highest BCUT2D eigenvalue weighted by Gasteiger charge is 2.09. The molecule has 0 aliphatic heterocycles. The second-order valence-corrected chi connectivity index (χ2v) is 6.95. The van der Waals surface area contributed by atoms with Crippen LogP contribution in [0.1, 0.15) is 35.1 Å². The van der Waals surface area contributed by atoms with E-state index in [1.165, 1.54) is 11.1 Å². The number of nitrogens with one attached hydrogen (secondary N) is 2. The summed E-state index contributed by atoms with van der Waals surface area (Å²) in [5, 5.41) is 6.18. The van der Waals surface area contributed by atoms with Gasteiger partial charge in [0.1, 0.15) is 5.75 Å². The van der Waals surface area contributed by atoms with E-state index in [-0.39, 0.29) is 5.91 Å². The van der Waals surface area contributed by atoms with Gasteiger partial charge in [0.05, 0.1) is 6.61 Å². The van der Waals surface area contributed by atoms with Crippen LogP contribution in [-0.4, -0.2) is 17.6 Å². The molecule has 26 heavy (non-hydrogen) atoms. The van der Waals surface area contributed by atoms with Crippen LogP contribution in [0.4, 0.5) is 5.69 Å². The molecule has 2 rings (SSSR count). The van der Waals surface area contributed by atoms with Crippen molar-refractivity contribution >= 4 is 28.9 Å². The van der Waals surface area contributed by atoms with Crippen LogP contribution >= 0.6 is 12.2 Å². The molecule has 2 N–H and O–H groups in total. The van der Waals surface area contributed by atoms with Crippen LogP contribution in [0.15, 0.2) is 36.4 Å². The van der Waals surface area contributed by atoms with Gasteiger partial charge in [0.15, 0.2) is 5.11 Å². The number of hydrogen-bond acceptors (Lipinski definition) is 3. The SMILES string of the molecule is Cc1ccc(OCCCC(=O)NC(=S)Nc2c(C)cc(C)cc2C)cc1. The zero-order chi connectivity index (χ0) is 19.1. The van der Waals surface area contributed by atoms with Crippen LogP contribution in [0.25, 0.3) is 0 Å². The average Bonchev–Trinajstić information content (AvgIpc) is 2.56. The molecule has 0 aliphatic carbocycles. The molecule has 0 spiro atoms. The summed E-state index contributed by atoms with van der Waals surface area (Å²) in [6.07, 6.45) is 0.991. The molecular formula is C21H26N2O2S. The van der Waals surface area contributed by atoms with Gasteiger partial charge in [-0.05, 0) is 69.6 Å². The van der Waals surface area contributed by atoms with Gasteiger partial charge in [-0.1, -0.05) is 35.4 Å². The van der Waals surface area contributed by atoms with Gasteiger partial charge >= 0.3 is 0 Å². The van der Waals surface area contributed by atoms with Crippen molar-refractivity contribution in [1.29, 1.82) is 0 Å². The summed E-state index contributed by atoms with van der Waals surface area (Å²) in [5.74, 6) is 0.705. The van der Waals surface area contributed by atoms with Crippen molar-refractivity contribution in [2.24, 2.45) is 0 Å². The Morgan fingerprint density at radius 3 is 2.23 bits per heavy atom. The molecule has 4 nitrogen and oxygen atoms in total. The maximum Gasteiger partial charge on any atom is 0.226 e. The lowest BCUT2D eigenvalue weighted by Gasteiger charge is -2.15. The highest BCUT2D eigenvalue weighted by atomic mass is 32.1. The molecule has 1 amide bonds. The van der Waals surface area contributed by atoms with Crippen LogP contribution in [-0.2, 0) is 4.79 Å². The molecule has 0 fully saturated rings. The van der Waals surface area contributed by atoms with Gasteiger partial charge < -0.3 is 15.4 Å². The van der Waals surface area contributed by atoms with Crippen molar-refractivity contribution in [2.45, 2.75) is 40.5 Å². The highest BCUT2D eigenvalue weighted by Crippen LogP contribution is 2.21. The molecule has 0 unspecified atom stereocenters. The number of ether oxygens (including phenoxy) is 1. The fraction of sp³-hybridized carbons (Fsp3) is 0.333. The Balaban J connectivity index is 1.73. The number of thiocarbonyl (C=S) groups is 1. The maximum absolute atomic E-state index is 12.0. The zero-order valence-corrected chi connectivity index (χ0v) is 16.6. The molecule has 0 aliphatic rings. The van der Waals surface area contributed by atoms with Crippen molar-refractivity contribution in [2.75, 3.05) is 11.9 Å². The number of carbonyl (C=O) groups excluding carboxylic acids is 1. The normalized spacial score (nSPS) is 10.3. The lowest BCUT2D eigenvalue weighted by molar-refractivity contribution is -0.119. The third-order valence-electron chi connectivity index (χ3n) is 4.01. The first-order valence-electron chi connectivity index (χ1n) is 8.73. The van der Waals surface area contributed by atoms with E-state index in [1.54, 1.807) is 0 Å². The van der Waals surface area contributed by atoms with Gasteiger partial charge in [-0.25, -0.2) is 0 Å². The summed E-state index contributed by atoms with van der Waals surface area (Å²) in [4.78, 5) is 12.0. The van der Waals surface area contributed by atoms with Crippen LogP contribution < -0.4 is 15.4 Å². The minimum absolute atomic E-state index is 0.113. The van der Waals surface area contributed by atoms with Crippen molar-refractivity contribution in [3.63, 3.8) is 0 Å². The Morgan fingerprint density at radius 2 is 1.62 bits per heavy atom. The predicted octanol–water partition coefficient (Wildman–Crippen LogP) is 4.59. The number of aryl methyl sites for hydroxylation is 4. The van der Waals surface area contributed by atoms with Gasteiger partial charge in [0, 0.05) is 12.1 Å². The summed E-state index contributed by atoms with van der Waals surface area (Å²) in [5.41, 5.74) is 5.55. The average molecular weight is 371 g/mol. The standard InChI is InChI=1S/C21H26N2O2S/c1-14-7-9-18(10-8-14)25-11-5-6-19(24)22-21(26)23-20-16(3)12-15(2)13-17(20)4/h7-10,12-13H,5-6,11H2,1-4H3,(H2,22,23,24,26). The second kappa shape index (κ2) is 9.34. The zero-order valence-electron chi connectivity index (χ0n) is 15.8. The topological polar surface area (TPSA) is 50.4 Å². The monoisotopic (exact) mass is 370 g/mol. The molecular weight excluding hydrogens is 344 g/mol. The third kappa shape index (κ3) is 6.15.